The highest BCUT2D eigenvalue weighted by Crippen LogP contribution is 2.32. The maximum Gasteiger partial charge on any atom is 0.266 e. The largest absolute Gasteiger partial charge is 0.508 e. The first kappa shape index (κ1) is 16.9. The van der Waals surface area contributed by atoms with E-state index in [2.05, 4.69) is 5.32 Å². The maximum absolute atomic E-state index is 12.3. The van der Waals surface area contributed by atoms with E-state index in [9.17, 15) is 15.2 Å². The predicted molar refractivity (Wildman–Crippen MR) is 89.9 cm³/mol. The molecule has 0 aliphatic rings. The number of phenolic OH excluding ortho intramolecular Hbond substituents is 1. The molecule has 0 aromatic heterocycles. The number of ether oxygens (including phenoxy) is 2. The molecule has 0 saturated carbocycles. The highest BCUT2D eigenvalue weighted by molar-refractivity contribution is 6.09. The second-order valence-corrected chi connectivity index (χ2v) is 4.75. The molecule has 0 unspecified atom stereocenters. The summed E-state index contributed by atoms with van der Waals surface area (Å²) in [7, 11) is 2.99. The fourth-order valence-electron chi connectivity index (χ4n) is 2.07. The van der Waals surface area contributed by atoms with Gasteiger partial charge in [0.25, 0.3) is 5.91 Å². The molecule has 24 heavy (non-hydrogen) atoms. The molecule has 0 saturated heterocycles. The Kier molecular flexibility index (Phi) is 5.42. The van der Waals surface area contributed by atoms with E-state index in [1.165, 1.54) is 44.6 Å². The normalized spacial score (nSPS) is 10.6. The van der Waals surface area contributed by atoms with Crippen molar-refractivity contribution in [1.29, 1.82) is 5.26 Å². The monoisotopic (exact) mass is 324 g/mol. The van der Waals surface area contributed by atoms with Crippen LogP contribution in [0.25, 0.3) is 6.08 Å². The van der Waals surface area contributed by atoms with E-state index in [0.717, 1.165) is 0 Å². The molecule has 122 valence electrons. The summed E-state index contributed by atoms with van der Waals surface area (Å²) in [6.45, 7) is 0. The average molecular weight is 324 g/mol. The first-order valence-corrected chi connectivity index (χ1v) is 7.02. The summed E-state index contributed by atoms with van der Waals surface area (Å²) in [5, 5.41) is 21.1. The number of carbonyl (C=O) groups excluding carboxylic acids is 1. The quantitative estimate of drug-likeness (QED) is 0.501. The molecule has 0 heterocycles. The van der Waals surface area contributed by atoms with Crippen LogP contribution < -0.4 is 14.8 Å². The van der Waals surface area contributed by atoms with Crippen LogP contribution in [0.4, 0.5) is 5.69 Å². The number of phenols is 1. The Morgan fingerprint density at radius 3 is 2.46 bits per heavy atom. The fourth-order valence-corrected chi connectivity index (χ4v) is 2.07. The number of amides is 1. The number of nitriles is 1. The van der Waals surface area contributed by atoms with Gasteiger partial charge in [0, 0.05) is 11.3 Å². The number of hydrogen-bond acceptors (Lipinski definition) is 5. The van der Waals surface area contributed by atoms with Gasteiger partial charge in [-0.1, -0.05) is 12.1 Å². The predicted octanol–water partition coefficient (Wildman–Crippen LogP) is 2.96. The van der Waals surface area contributed by atoms with Crippen molar-refractivity contribution in [2.24, 2.45) is 0 Å². The molecule has 1 amide bonds. The topological polar surface area (TPSA) is 91.6 Å². The van der Waals surface area contributed by atoms with Gasteiger partial charge in [0.15, 0.2) is 11.5 Å². The Hall–Kier alpha value is -3.46. The third kappa shape index (κ3) is 3.84. The molecular weight excluding hydrogens is 308 g/mol. The van der Waals surface area contributed by atoms with E-state index in [0.29, 0.717) is 22.7 Å². The van der Waals surface area contributed by atoms with Crippen molar-refractivity contribution in [2.75, 3.05) is 19.5 Å². The second kappa shape index (κ2) is 7.70. The standard InChI is InChI=1S/C18H16N2O4/c1-23-16-5-3-4-12(17(16)24-2)10-13(11-19)18(22)20-14-6-8-15(21)9-7-14/h3-10,21H,1-2H3,(H,20,22). The van der Waals surface area contributed by atoms with E-state index in [1.54, 1.807) is 18.2 Å². The number of rotatable bonds is 5. The van der Waals surface area contributed by atoms with Crippen molar-refractivity contribution in [1.82, 2.24) is 0 Å². The summed E-state index contributed by atoms with van der Waals surface area (Å²) < 4.78 is 10.5. The van der Waals surface area contributed by atoms with Crippen LogP contribution in [-0.4, -0.2) is 25.2 Å². The number of methoxy groups -OCH3 is 2. The molecule has 0 aliphatic carbocycles. The Morgan fingerprint density at radius 1 is 1.17 bits per heavy atom. The first-order valence-electron chi connectivity index (χ1n) is 7.02. The van der Waals surface area contributed by atoms with Gasteiger partial charge in [-0.25, -0.2) is 0 Å². The Balaban J connectivity index is 2.31. The number of benzene rings is 2. The van der Waals surface area contributed by atoms with Gasteiger partial charge < -0.3 is 19.9 Å². The second-order valence-electron chi connectivity index (χ2n) is 4.75. The minimum Gasteiger partial charge on any atom is -0.508 e. The lowest BCUT2D eigenvalue weighted by Crippen LogP contribution is -2.13. The summed E-state index contributed by atoms with van der Waals surface area (Å²) in [6, 6.07) is 13.0. The Labute approximate surface area is 139 Å². The Bertz CT molecular complexity index is 805. The summed E-state index contributed by atoms with van der Waals surface area (Å²) in [5.74, 6) is 0.464. The van der Waals surface area contributed by atoms with Crippen LogP contribution in [0.15, 0.2) is 48.0 Å². The molecular formula is C18H16N2O4. The number of carbonyl (C=O) groups is 1. The van der Waals surface area contributed by atoms with Gasteiger partial charge in [0.2, 0.25) is 0 Å². The molecule has 0 radical (unpaired) electrons. The van der Waals surface area contributed by atoms with Gasteiger partial charge in [-0.2, -0.15) is 5.26 Å². The molecule has 2 aromatic carbocycles. The third-order valence-electron chi connectivity index (χ3n) is 3.22. The lowest BCUT2D eigenvalue weighted by atomic mass is 10.1. The van der Waals surface area contributed by atoms with Crippen LogP contribution in [-0.2, 0) is 4.79 Å². The Morgan fingerprint density at radius 2 is 1.88 bits per heavy atom. The SMILES string of the molecule is COc1cccc(C=C(C#N)C(=O)Nc2ccc(O)cc2)c1OC. The zero-order valence-corrected chi connectivity index (χ0v) is 13.2. The molecule has 2 rings (SSSR count). The summed E-state index contributed by atoms with van der Waals surface area (Å²) in [4.78, 5) is 12.3. The van der Waals surface area contributed by atoms with E-state index < -0.39 is 5.91 Å². The fraction of sp³-hybridized carbons (Fsp3) is 0.111. The van der Waals surface area contributed by atoms with Gasteiger partial charge in [0.1, 0.15) is 17.4 Å². The molecule has 6 nitrogen and oxygen atoms in total. The molecule has 0 atom stereocenters. The van der Waals surface area contributed by atoms with Crippen LogP contribution in [0.2, 0.25) is 0 Å². The van der Waals surface area contributed by atoms with Crippen LogP contribution in [0.3, 0.4) is 0 Å². The lowest BCUT2D eigenvalue weighted by molar-refractivity contribution is -0.112. The van der Waals surface area contributed by atoms with Gasteiger partial charge in [-0.3, -0.25) is 4.79 Å². The van der Waals surface area contributed by atoms with Gasteiger partial charge in [-0.15, -0.1) is 0 Å². The van der Waals surface area contributed by atoms with Crippen molar-refractivity contribution in [3.8, 4) is 23.3 Å². The highest BCUT2D eigenvalue weighted by atomic mass is 16.5. The number of para-hydroxylation sites is 1. The van der Waals surface area contributed by atoms with Gasteiger partial charge in [-0.05, 0) is 36.4 Å². The molecule has 2 N–H and O–H groups in total. The van der Waals surface area contributed by atoms with E-state index in [1.807, 2.05) is 6.07 Å². The lowest BCUT2D eigenvalue weighted by Gasteiger charge is -2.10. The van der Waals surface area contributed by atoms with Crippen LogP contribution in [0.1, 0.15) is 5.56 Å². The minimum atomic E-state index is -0.562. The van der Waals surface area contributed by atoms with Crippen molar-refractivity contribution >= 4 is 17.7 Å². The molecule has 6 heteroatoms. The summed E-state index contributed by atoms with van der Waals surface area (Å²) in [5.41, 5.74) is 0.931. The smallest absolute Gasteiger partial charge is 0.266 e. The number of anilines is 1. The van der Waals surface area contributed by atoms with Gasteiger partial charge >= 0.3 is 0 Å². The average Bonchev–Trinajstić information content (AvgIpc) is 2.60. The maximum atomic E-state index is 12.3. The van der Waals surface area contributed by atoms with Gasteiger partial charge in [0.05, 0.1) is 14.2 Å². The zero-order valence-electron chi connectivity index (χ0n) is 13.2. The number of aromatic hydroxyl groups is 1. The van der Waals surface area contributed by atoms with Crippen molar-refractivity contribution in [3.63, 3.8) is 0 Å². The number of nitrogens with one attached hydrogen (secondary N) is 1. The zero-order chi connectivity index (χ0) is 17.5. The number of hydrogen-bond donors (Lipinski definition) is 2. The first-order chi connectivity index (χ1) is 11.6. The molecule has 0 spiro atoms. The van der Waals surface area contributed by atoms with E-state index in [4.69, 9.17) is 9.47 Å². The van der Waals surface area contributed by atoms with E-state index in [-0.39, 0.29) is 11.3 Å². The third-order valence-corrected chi connectivity index (χ3v) is 3.22. The van der Waals surface area contributed by atoms with Crippen molar-refractivity contribution in [2.45, 2.75) is 0 Å². The summed E-state index contributed by atoms with van der Waals surface area (Å²) >= 11 is 0. The van der Waals surface area contributed by atoms with Crippen LogP contribution in [0, 0.1) is 11.3 Å². The van der Waals surface area contributed by atoms with Crippen molar-refractivity contribution < 1.29 is 19.4 Å². The van der Waals surface area contributed by atoms with Crippen LogP contribution in [0.5, 0.6) is 17.2 Å². The van der Waals surface area contributed by atoms with Crippen molar-refractivity contribution in [3.05, 3.63) is 53.6 Å². The molecule has 0 bridgehead atoms. The van der Waals surface area contributed by atoms with Crippen LogP contribution >= 0.6 is 0 Å². The van der Waals surface area contributed by atoms with E-state index >= 15 is 0 Å². The minimum absolute atomic E-state index is 0.0881. The number of nitrogens with zero attached hydrogens (tertiary/aromatic N) is 1. The molecule has 0 fully saturated rings. The molecule has 2 aromatic rings. The highest BCUT2D eigenvalue weighted by Gasteiger charge is 2.13. The molecule has 0 aliphatic heterocycles. The summed E-state index contributed by atoms with van der Waals surface area (Å²) in [6.07, 6.45) is 1.43.